The van der Waals surface area contributed by atoms with Crippen LogP contribution in [0.3, 0.4) is 0 Å². The number of benzene rings is 3. The molecule has 3 atom stereocenters. The number of methoxy groups -OCH3 is 1. The Morgan fingerprint density at radius 2 is 1.43 bits per heavy atom. The molecule has 0 saturated carbocycles. The number of likely N-dealkylation sites (tertiary alicyclic amines) is 2. The van der Waals surface area contributed by atoms with Crippen molar-refractivity contribution in [1.82, 2.24) is 14.7 Å². The second kappa shape index (κ2) is 18.7. The molecule has 4 amide bonds. The highest BCUT2D eigenvalue weighted by Crippen LogP contribution is 2.33. The summed E-state index contributed by atoms with van der Waals surface area (Å²) in [6.45, 7) is -0.761. The van der Waals surface area contributed by atoms with Gasteiger partial charge in [-0.15, -0.1) is 0 Å². The van der Waals surface area contributed by atoms with Crippen LogP contribution in [0.4, 0.5) is 21.0 Å². The van der Waals surface area contributed by atoms with Gasteiger partial charge in [-0.2, -0.15) is 11.8 Å². The Hall–Kier alpha value is -6.44. The van der Waals surface area contributed by atoms with Gasteiger partial charge < -0.3 is 30.6 Å². The lowest BCUT2D eigenvalue weighted by Crippen LogP contribution is -2.50. The Kier molecular flexibility index (Phi) is 13.6. The predicted molar refractivity (Wildman–Crippen MR) is 202 cm³/mol. The van der Waals surface area contributed by atoms with Gasteiger partial charge in [0.15, 0.2) is 5.96 Å². The van der Waals surface area contributed by atoms with Crippen molar-refractivity contribution in [1.29, 1.82) is 0 Å². The summed E-state index contributed by atoms with van der Waals surface area (Å²) in [6, 6.07) is 16.7. The molecule has 0 aromatic heterocycles. The Bertz CT molecular complexity index is 1940. The molecule has 56 heavy (non-hydrogen) atoms. The number of nitro benzene ring substituents is 2. The van der Waals surface area contributed by atoms with E-state index in [0.717, 1.165) is 10.5 Å². The summed E-state index contributed by atoms with van der Waals surface area (Å²) in [4.78, 5) is 82.9. The van der Waals surface area contributed by atoms with Gasteiger partial charge in [-0.05, 0) is 65.9 Å². The summed E-state index contributed by atoms with van der Waals surface area (Å²) >= 11 is 1.58. The van der Waals surface area contributed by atoms with Crippen molar-refractivity contribution in [3.63, 3.8) is 0 Å². The van der Waals surface area contributed by atoms with Crippen LogP contribution in [0, 0.1) is 20.2 Å². The minimum Gasteiger partial charge on any atom is -0.497 e. The summed E-state index contributed by atoms with van der Waals surface area (Å²) in [5, 5.41) is 21.9. The lowest BCUT2D eigenvalue weighted by molar-refractivity contribution is -0.385. The standard InChI is InChI=1S/C36H40N8O11S/c1-53-29-12-6-25(7-13-29)22-56-30-16-31(41(19-30)35(47)54-20-23-2-8-26(9-3-23)43(49)50)33(46)40-15-14-28(18-40)42(32(45)17-39-34(37)38)36(48)55-21-24-4-10-27(11-5-24)44(51)52/h2-13,28,30-31H,14-22H2,1H3,(H4,37,38,39)/t28-,30-,31-/m0/s1. The maximum absolute atomic E-state index is 14.2. The lowest BCUT2D eigenvalue weighted by atomic mass is 10.2. The Balaban J connectivity index is 1.28. The van der Waals surface area contributed by atoms with Crippen LogP contribution in [0.25, 0.3) is 0 Å². The van der Waals surface area contributed by atoms with Crippen LogP contribution in [0.1, 0.15) is 29.5 Å². The molecule has 296 valence electrons. The Labute approximate surface area is 324 Å². The molecule has 3 aromatic rings. The number of hydrogen-bond acceptors (Lipinski definition) is 13. The molecule has 0 aliphatic carbocycles. The zero-order chi connectivity index (χ0) is 40.4. The topological polar surface area (TPSA) is 256 Å². The van der Waals surface area contributed by atoms with Crippen LogP contribution in [0.5, 0.6) is 5.75 Å². The van der Waals surface area contributed by atoms with E-state index in [9.17, 15) is 39.4 Å². The zero-order valence-electron chi connectivity index (χ0n) is 30.3. The van der Waals surface area contributed by atoms with E-state index >= 15 is 0 Å². The number of ether oxygens (including phenoxy) is 3. The molecule has 2 aliphatic heterocycles. The molecule has 4 N–H and O–H groups in total. The van der Waals surface area contributed by atoms with E-state index < -0.39 is 52.5 Å². The first kappa shape index (κ1) is 40.7. The summed E-state index contributed by atoms with van der Waals surface area (Å²) < 4.78 is 16.2. The third-order valence-electron chi connectivity index (χ3n) is 9.15. The fourth-order valence-corrected chi connectivity index (χ4v) is 7.42. The van der Waals surface area contributed by atoms with Crippen LogP contribution >= 0.6 is 11.8 Å². The van der Waals surface area contributed by atoms with E-state index in [1.54, 1.807) is 18.9 Å². The highest BCUT2D eigenvalue weighted by molar-refractivity contribution is 7.99. The van der Waals surface area contributed by atoms with Crippen LogP contribution < -0.4 is 16.2 Å². The molecule has 0 radical (unpaired) electrons. The first-order chi connectivity index (χ1) is 26.8. The summed E-state index contributed by atoms with van der Waals surface area (Å²) in [7, 11) is 1.58. The maximum atomic E-state index is 14.2. The highest BCUT2D eigenvalue weighted by atomic mass is 32.2. The quantitative estimate of drug-likeness (QED) is 0.102. The van der Waals surface area contributed by atoms with Crippen molar-refractivity contribution in [2.45, 2.75) is 49.1 Å². The minimum absolute atomic E-state index is 0.0646. The fourth-order valence-electron chi connectivity index (χ4n) is 6.21. The molecule has 20 heteroatoms. The summed E-state index contributed by atoms with van der Waals surface area (Å²) in [5.41, 5.74) is 12.6. The number of imide groups is 1. The lowest BCUT2D eigenvalue weighted by Gasteiger charge is -2.29. The highest BCUT2D eigenvalue weighted by Gasteiger charge is 2.45. The van der Waals surface area contributed by atoms with Crippen molar-refractivity contribution < 1.29 is 43.2 Å². The molecule has 2 saturated heterocycles. The number of rotatable bonds is 14. The van der Waals surface area contributed by atoms with Gasteiger partial charge in [0.05, 0.1) is 23.0 Å². The molecule has 0 bridgehead atoms. The van der Waals surface area contributed by atoms with Gasteiger partial charge in [0, 0.05) is 54.9 Å². The van der Waals surface area contributed by atoms with E-state index in [4.69, 9.17) is 25.7 Å². The van der Waals surface area contributed by atoms with Gasteiger partial charge in [-0.25, -0.2) is 19.5 Å². The average Bonchev–Trinajstić information content (AvgIpc) is 3.86. The second-order valence-corrected chi connectivity index (χ2v) is 14.2. The summed E-state index contributed by atoms with van der Waals surface area (Å²) in [5.74, 6) is -0.240. The van der Waals surface area contributed by atoms with E-state index in [0.29, 0.717) is 29.1 Å². The molecule has 0 unspecified atom stereocenters. The molecule has 19 nitrogen and oxygen atoms in total. The first-order valence-electron chi connectivity index (χ1n) is 17.3. The largest absolute Gasteiger partial charge is 0.497 e. The van der Waals surface area contributed by atoms with E-state index in [-0.39, 0.29) is 61.9 Å². The average molecular weight is 793 g/mol. The van der Waals surface area contributed by atoms with Crippen molar-refractivity contribution in [3.8, 4) is 5.75 Å². The van der Waals surface area contributed by atoms with Crippen LogP contribution in [0.15, 0.2) is 77.8 Å². The number of aliphatic imine (C=N–C) groups is 1. The molecular weight excluding hydrogens is 753 g/mol. The number of non-ortho nitro benzene ring substituents is 2. The zero-order valence-corrected chi connectivity index (χ0v) is 31.1. The van der Waals surface area contributed by atoms with E-state index in [1.165, 1.54) is 58.3 Å². The second-order valence-electron chi connectivity index (χ2n) is 12.9. The molecular formula is C36H40N8O11S. The smallest absolute Gasteiger partial charge is 0.417 e. The maximum Gasteiger partial charge on any atom is 0.417 e. The van der Waals surface area contributed by atoms with Gasteiger partial charge in [0.2, 0.25) is 5.91 Å². The number of carbonyl (C=O) groups excluding carboxylic acids is 4. The van der Waals surface area contributed by atoms with E-state index in [1.807, 2.05) is 24.3 Å². The van der Waals surface area contributed by atoms with Crippen molar-refractivity contribution in [2.24, 2.45) is 16.5 Å². The number of guanidine groups is 1. The van der Waals surface area contributed by atoms with Crippen molar-refractivity contribution in [3.05, 3.63) is 110 Å². The van der Waals surface area contributed by atoms with Gasteiger partial charge in [-0.1, -0.05) is 12.1 Å². The van der Waals surface area contributed by atoms with Crippen LogP contribution in [-0.2, 0) is 38.0 Å². The van der Waals surface area contributed by atoms with Crippen molar-refractivity contribution >= 4 is 53.1 Å². The third kappa shape index (κ3) is 10.6. The molecule has 2 fully saturated rings. The van der Waals surface area contributed by atoms with Crippen LogP contribution in [-0.4, -0.2) is 105 Å². The first-order valence-corrected chi connectivity index (χ1v) is 18.4. The summed E-state index contributed by atoms with van der Waals surface area (Å²) in [6.07, 6.45) is -1.27. The Morgan fingerprint density at radius 3 is 1.98 bits per heavy atom. The minimum atomic E-state index is -1.02. The third-order valence-corrected chi connectivity index (χ3v) is 10.5. The molecule has 3 aromatic carbocycles. The number of nitro groups is 2. The number of carbonyl (C=O) groups is 4. The molecule has 0 spiro atoms. The van der Waals surface area contributed by atoms with E-state index in [2.05, 4.69) is 4.99 Å². The number of amides is 4. The number of hydrogen-bond donors (Lipinski definition) is 2. The predicted octanol–water partition coefficient (Wildman–Crippen LogP) is 3.56. The van der Waals surface area contributed by atoms with Gasteiger partial charge >= 0.3 is 12.2 Å². The SMILES string of the molecule is COc1ccc(CS[C@H]2C[C@@H](C(=O)N3CC[C@H](N(C(=O)CN=C(N)N)C(=O)OCc4ccc([N+](=O)[O-])cc4)C3)N(C(=O)OCc3ccc([N+](=O)[O-])cc3)C2)cc1. The number of nitrogens with zero attached hydrogens (tertiary/aromatic N) is 6. The van der Waals surface area contributed by atoms with Crippen LogP contribution in [0.2, 0.25) is 0 Å². The number of nitrogens with two attached hydrogens (primary N) is 2. The van der Waals surface area contributed by atoms with Gasteiger partial charge in [0.1, 0.15) is 31.5 Å². The molecule has 2 heterocycles. The van der Waals surface area contributed by atoms with Gasteiger partial charge in [-0.3, -0.25) is 34.7 Å². The normalized spacial score (nSPS) is 17.5. The molecule has 2 aliphatic rings. The van der Waals surface area contributed by atoms with Crippen molar-refractivity contribution in [2.75, 3.05) is 33.3 Å². The Morgan fingerprint density at radius 1 is 0.857 bits per heavy atom. The molecule has 5 rings (SSSR count). The monoisotopic (exact) mass is 792 g/mol. The number of thioether (sulfide) groups is 1. The van der Waals surface area contributed by atoms with Gasteiger partial charge in [0.25, 0.3) is 17.3 Å². The fraction of sp³-hybridized carbons (Fsp3) is 0.361.